The number of rotatable bonds is 1. The summed E-state index contributed by atoms with van der Waals surface area (Å²) in [6.45, 7) is 0. The minimum atomic E-state index is -0.839. The van der Waals surface area contributed by atoms with Gasteiger partial charge >= 0.3 is 5.69 Å². The number of hydrogen-bond acceptors (Lipinski definition) is 3. The zero-order chi connectivity index (χ0) is 9.30. The summed E-state index contributed by atoms with van der Waals surface area (Å²) in [5, 5.41) is 19.1. The maximum absolute atomic E-state index is 12.7. The van der Waals surface area contributed by atoms with Crippen LogP contribution in [-0.2, 0) is 0 Å². The SMILES string of the molecule is O=[N+]([O-])c1cc(F)c(I)cc1O. The van der Waals surface area contributed by atoms with E-state index in [4.69, 9.17) is 5.11 Å². The number of nitro groups is 1. The Labute approximate surface area is 80.3 Å². The molecule has 0 bridgehead atoms. The summed E-state index contributed by atoms with van der Waals surface area (Å²) in [6.07, 6.45) is 0. The molecular weight excluding hydrogens is 280 g/mol. The molecule has 0 spiro atoms. The average Bonchev–Trinajstić information content (AvgIpc) is 1.96. The van der Waals surface area contributed by atoms with Crippen LogP contribution in [0.1, 0.15) is 0 Å². The summed E-state index contributed by atoms with van der Waals surface area (Å²) in [5.74, 6) is -1.23. The highest BCUT2D eigenvalue weighted by Crippen LogP contribution is 2.28. The molecule has 0 saturated carbocycles. The van der Waals surface area contributed by atoms with Crippen LogP contribution in [-0.4, -0.2) is 10.0 Å². The second kappa shape index (κ2) is 3.21. The Hall–Kier alpha value is -0.920. The molecule has 1 N–H and O–H groups in total. The number of hydrogen-bond donors (Lipinski definition) is 1. The highest BCUT2D eigenvalue weighted by atomic mass is 127. The molecule has 0 saturated heterocycles. The van der Waals surface area contributed by atoms with Gasteiger partial charge in [-0.05, 0) is 22.6 Å². The molecule has 0 radical (unpaired) electrons. The van der Waals surface area contributed by atoms with Crippen molar-refractivity contribution in [3.63, 3.8) is 0 Å². The first-order valence-electron chi connectivity index (χ1n) is 2.85. The Morgan fingerprint density at radius 1 is 1.58 bits per heavy atom. The van der Waals surface area contributed by atoms with Gasteiger partial charge < -0.3 is 5.11 Å². The van der Waals surface area contributed by atoms with Gasteiger partial charge in [-0.3, -0.25) is 10.1 Å². The molecule has 0 aliphatic rings. The third kappa shape index (κ3) is 1.63. The normalized spacial score (nSPS) is 9.83. The largest absolute Gasteiger partial charge is 0.502 e. The molecule has 0 aliphatic heterocycles. The van der Waals surface area contributed by atoms with E-state index in [0.29, 0.717) is 6.07 Å². The van der Waals surface area contributed by atoms with Crippen LogP contribution >= 0.6 is 22.6 Å². The average molecular weight is 283 g/mol. The van der Waals surface area contributed by atoms with E-state index in [-0.39, 0.29) is 3.57 Å². The molecule has 0 heterocycles. The Morgan fingerprint density at radius 3 is 2.67 bits per heavy atom. The smallest absolute Gasteiger partial charge is 0.313 e. The van der Waals surface area contributed by atoms with Crippen LogP contribution < -0.4 is 0 Å². The van der Waals surface area contributed by atoms with Gasteiger partial charge in [-0.15, -0.1) is 0 Å². The maximum Gasteiger partial charge on any atom is 0.313 e. The lowest BCUT2D eigenvalue weighted by molar-refractivity contribution is -0.386. The first-order valence-corrected chi connectivity index (χ1v) is 3.92. The lowest BCUT2D eigenvalue weighted by Crippen LogP contribution is -1.91. The number of phenolic OH excluding ortho intramolecular Hbond substituents is 1. The molecule has 0 atom stereocenters. The van der Waals surface area contributed by atoms with Gasteiger partial charge in [-0.25, -0.2) is 4.39 Å². The molecule has 0 amide bonds. The van der Waals surface area contributed by atoms with Crippen molar-refractivity contribution < 1.29 is 14.4 Å². The van der Waals surface area contributed by atoms with E-state index in [1.807, 2.05) is 0 Å². The van der Waals surface area contributed by atoms with Crippen molar-refractivity contribution in [2.45, 2.75) is 0 Å². The standard InChI is InChI=1S/C6H3FINO3/c7-3-1-5(9(11)12)6(10)2-4(3)8/h1-2,10H. The predicted octanol–water partition coefficient (Wildman–Crippen LogP) is 2.04. The first-order chi connectivity index (χ1) is 5.52. The molecule has 0 fully saturated rings. The number of benzene rings is 1. The van der Waals surface area contributed by atoms with E-state index in [0.717, 1.165) is 6.07 Å². The lowest BCUT2D eigenvalue weighted by atomic mass is 10.3. The van der Waals surface area contributed by atoms with E-state index in [2.05, 4.69) is 0 Å². The minimum Gasteiger partial charge on any atom is -0.502 e. The zero-order valence-corrected chi connectivity index (χ0v) is 7.78. The highest BCUT2D eigenvalue weighted by molar-refractivity contribution is 14.1. The summed E-state index contributed by atoms with van der Waals surface area (Å²) < 4.78 is 12.8. The summed E-state index contributed by atoms with van der Waals surface area (Å²) in [7, 11) is 0. The second-order valence-electron chi connectivity index (χ2n) is 2.01. The fourth-order valence-corrected chi connectivity index (χ4v) is 1.12. The zero-order valence-electron chi connectivity index (χ0n) is 5.62. The predicted molar refractivity (Wildman–Crippen MR) is 47.4 cm³/mol. The monoisotopic (exact) mass is 283 g/mol. The van der Waals surface area contributed by atoms with Crippen molar-refractivity contribution in [2.24, 2.45) is 0 Å². The Morgan fingerprint density at radius 2 is 2.17 bits per heavy atom. The summed E-state index contributed by atoms with van der Waals surface area (Å²) >= 11 is 1.63. The van der Waals surface area contributed by atoms with Gasteiger partial charge in [-0.2, -0.15) is 0 Å². The molecule has 4 nitrogen and oxygen atoms in total. The molecule has 0 aromatic heterocycles. The van der Waals surface area contributed by atoms with E-state index in [1.165, 1.54) is 0 Å². The fraction of sp³-hybridized carbons (Fsp3) is 0. The van der Waals surface area contributed by atoms with Gasteiger partial charge in [0.15, 0.2) is 5.75 Å². The third-order valence-corrected chi connectivity index (χ3v) is 2.04. The van der Waals surface area contributed by atoms with Gasteiger partial charge in [0.25, 0.3) is 0 Å². The van der Waals surface area contributed by atoms with Crippen LogP contribution in [0.25, 0.3) is 0 Å². The van der Waals surface area contributed by atoms with Crippen LogP contribution in [0, 0.1) is 19.5 Å². The fourth-order valence-electron chi connectivity index (χ4n) is 0.672. The van der Waals surface area contributed by atoms with E-state index in [1.54, 1.807) is 22.6 Å². The number of aromatic hydroxyl groups is 1. The van der Waals surface area contributed by atoms with Crippen LogP contribution in [0.5, 0.6) is 5.75 Å². The highest BCUT2D eigenvalue weighted by Gasteiger charge is 2.16. The molecule has 0 unspecified atom stereocenters. The van der Waals surface area contributed by atoms with Gasteiger partial charge in [0, 0.05) is 6.07 Å². The first kappa shape index (κ1) is 9.17. The second-order valence-corrected chi connectivity index (χ2v) is 3.17. The topological polar surface area (TPSA) is 63.4 Å². The Kier molecular flexibility index (Phi) is 2.46. The lowest BCUT2D eigenvalue weighted by Gasteiger charge is -1.97. The van der Waals surface area contributed by atoms with Crippen LogP contribution in [0.3, 0.4) is 0 Å². The van der Waals surface area contributed by atoms with Crippen molar-refractivity contribution in [1.29, 1.82) is 0 Å². The van der Waals surface area contributed by atoms with Crippen LogP contribution in [0.15, 0.2) is 12.1 Å². The number of phenols is 1. The molecule has 12 heavy (non-hydrogen) atoms. The molecule has 1 aromatic carbocycles. The molecule has 64 valence electrons. The third-order valence-electron chi connectivity index (χ3n) is 1.21. The molecular formula is C6H3FINO3. The van der Waals surface area contributed by atoms with Crippen molar-refractivity contribution in [1.82, 2.24) is 0 Å². The van der Waals surface area contributed by atoms with Crippen molar-refractivity contribution >= 4 is 28.3 Å². The maximum atomic E-state index is 12.7. The van der Waals surface area contributed by atoms with Crippen molar-refractivity contribution in [3.8, 4) is 5.75 Å². The molecule has 6 heteroatoms. The molecule has 1 rings (SSSR count). The molecule has 0 aliphatic carbocycles. The van der Waals surface area contributed by atoms with E-state index >= 15 is 0 Å². The van der Waals surface area contributed by atoms with Gasteiger partial charge in [0.2, 0.25) is 0 Å². The minimum absolute atomic E-state index is 0.149. The Bertz CT molecular complexity index is 342. The van der Waals surface area contributed by atoms with Crippen molar-refractivity contribution in [2.75, 3.05) is 0 Å². The quantitative estimate of drug-likeness (QED) is 0.487. The van der Waals surface area contributed by atoms with Crippen LogP contribution in [0.2, 0.25) is 0 Å². The van der Waals surface area contributed by atoms with E-state index < -0.39 is 22.2 Å². The summed E-state index contributed by atoms with van der Waals surface area (Å²) in [4.78, 5) is 9.32. The van der Waals surface area contributed by atoms with Gasteiger partial charge in [0.05, 0.1) is 14.6 Å². The Balaban J connectivity index is 3.33. The number of nitrogens with zero attached hydrogens (tertiary/aromatic N) is 1. The number of nitro benzene ring substituents is 1. The van der Waals surface area contributed by atoms with Gasteiger partial charge in [-0.1, -0.05) is 0 Å². The van der Waals surface area contributed by atoms with Gasteiger partial charge in [0.1, 0.15) is 5.82 Å². The molecule has 1 aromatic rings. The summed E-state index contributed by atoms with van der Waals surface area (Å²) in [6, 6.07) is 1.70. The van der Waals surface area contributed by atoms with Crippen molar-refractivity contribution in [3.05, 3.63) is 31.6 Å². The van der Waals surface area contributed by atoms with Crippen LogP contribution in [0.4, 0.5) is 10.1 Å². The van der Waals surface area contributed by atoms with E-state index in [9.17, 15) is 14.5 Å². The number of halogens is 2. The summed E-state index contributed by atoms with van der Waals surface area (Å²) in [5.41, 5.74) is -0.618.